The Morgan fingerprint density at radius 2 is 0.971 bits per heavy atom. The minimum absolute atomic E-state index is 0. The summed E-state index contributed by atoms with van der Waals surface area (Å²) in [5.74, 6) is 1.36. The van der Waals surface area contributed by atoms with Crippen LogP contribution in [-0.4, -0.2) is 23.0 Å². The van der Waals surface area contributed by atoms with Crippen molar-refractivity contribution in [2.45, 2.75) is 60.2 Å². The van der Waals surface area contributed by atoms with Gasteiger partial charge in [-0.25, -0.2) is 0 Å². The van der Waals surface area contributed by atoms with Gasteiger partial charge in [0.2, 0.25) is 0 Å². The van der Waals surface area contributed by atoms with Crippen LogP contribution in [0.15, 0.2) is 211 Å². The van der Waals surface area contributed by atoms with Crippen LogP contribution in [0.5, 0.6) is 0 Å². The van der Waals surface area contributed by atoms with Gasteiger partial charge in [-0.1, -0.05) is 187 Å². The Morgan fingerprint density at radius 3 is 1.54 bits per heavy atom. The quantitative estimate of drug-likeness (QED) is 0.128. The first-order valence-electron chi connectivity index (χ1n) is 23.6. The van der Waals surface area contributed by atoms with Crippen LogP contribution in [-0.2, 0) is 32.9 Å². The molecule has 4 nitrogen and oxygen atoms in total. The summed E-state index contributed by atoms with van der Waals surface area (Å²) in [5.41, 5.74) is 15.7. The number of aromatic nitrogens is 3. The number of benzene rings is 6. The van der Waals surface area contributed by atoms with E-state index in [-0.39, 0.29) is 20.1 Å². The van der Waals surface area contributed by atoms with Crippen molar-refractivity contribution < 1.29 is 24.5 Å². The van der Waals surface area contributed by atoms with E-state index in [0.29, 0.717) is 11.8 Å². The van der Waals surface area contributed by atoms with Crippen molar-refractivity contribution in [3.8, 4) is 56.0 Å². The summed E-state index contributed by atoms with van der Waals surface area (Å²) in [7, 11) is -1.33. The summed E-state index contributed by atoms with van der Waals surface area (Å²) in [5, 5.41) is 3.73. The predicted octanol–water partition coefficient (Wildman–Crippen LogP) is 16.4. The van der Waals surface area contributed by atoms with Crippen LogP contribution in [0.4, 0.5) is 0 Å². The van der Waals surface area contributed by atoms with Crippen LogP contribution in [0.2, 0.25) is 19.6 Å². The molecule has 343 valence electrons. The molecule has 4 aromatic heterocycles. The van der Waals surface area contributed by atoms with E-state index in [1.54, 1.807) is 0 Å². The predicted molar refractivity (Wildman–Crippen MR) is 287 cm³/mol. The molecule has 0 N–H and O–H groups in total. The Hall–Kier alpha value is -6.56. The summed E-state index contributed by atoms with van der Waals surface area (Å²) in [6.45, 7) is 16.3. The molecule has 0 saturated heterocycles. The molecule has 0 amide bonds. The van der Waals surface area contributed by atoms with E-state index in [9.17, 15) is 0 Å². The number of rotatable bonds is 10. The molecule has 0 bridgehead atoms. The maximum atomic E-state index is 6.57. The van der Waals surface area contributed by atoms with Crippen LogP contribution < -0.4 is 5.19 Å². The van der Waals surface area contributed by atoms with Crippen molar-refractivity contribution in [2.24, 2.45) is 11.8 Å². The summed E-state index contributed by atoms with van der Waals surface area (Å²) in [6, 6.07) is 65.1. The second-order valence-corrected chi connectivity index (χ2v) is 24.1. The molecule has 0 aliphatic rings. The van der Waals surface area contributed by atoms with Crippen molar-refractivity contribution in [2.75, 3.05) is 0 Å². The molecule has 1 radical (unpaired) electrons. The van der Waals surface area contributed by atoms with Gasteiger partial charge in [-0.05, 0) is 106 Å². The van der Waals surface area contributed by atoms with Gasteiger partial charge < -0.3 is 4.42 Å². The van der Waals surface area contributed by atoms with E-state index in [1.807, 2.05) is 60.9 Å². The summed E-state index contributed by atoms with van der Waals surface area (Å²) in [6.07, 6.45) is 8.11. The molecule has 0 spiro atoms. The Labute approximate surface area is 418 Å². The number of nitrogens with zero attached hydrogens (tertiary/aromatic N) is 3. The summed E-state index contributed by atoms with van der Waals surface area (Å²) < 4.78 is 6.57. The zero-order chi connectivity index (χ0) is 46.8. The Bertz CT molecular complexity index is 3150. The fourth-order valence-electron chi connectivity index (χ4n) is 8.64. The number of fused-ring (bicyclic) bond motifs is 3. The van der Waals surface area contributed by atoms with Gasteiger partial charge in [0.05, 0.1) is 25.2 Å². The molecule has 0 fully saturated rings. The molecule has 10 rings (SSSR count). The maximum absolute atomic E-state index is 6.57. The molecule has 0 aliphatic heterocycles. The van der Waals surface area contributed by atoms with Crippen LogP contribution in [0.3, 0.4) is 0 Å². The molecule has 68 heavy (non-hydrogen) atoms. The molecule has 0 unspecified atom stereocenters. The van der Waals surface area contributed by atoms with E-state index in [1.165, 1.54) is 38.6 Å². The van der Waals surface area contributed by atoms with Gasteiger partial charge in [0.1, 0.15) is 11.2 Å². The molecule has 0 aliphatic carbocycles. The average molecular weight is 1080 g/mol. The van der Waals surface area contributed by atoms with Crippen molar-refractivity contribution in [1.29, 1.82) is 0 Å². The maximum Gasteiger partial charge on any atom is 0.144 e. The monoisotopic (exact) mass is 1080 g/mol. The molecular formula is C62H61IrN3OSi. The molecule has 4 heterocycles. The first-order chi connectivity index (χ1) is 32.5. The summed E-state index contributed by atoms with van der Waals surface area (Å²) >= 11 is 0. The first kappa shape index (κ1) is 49.3. The Balaban J connectivity index is 0.000000161. The smallest absolute Gasteiger partial charge is 0.144 e. The molecule has 0 saturated carbocycles. The first-order valence-corrected chi connectivity index (χ1v) is 27.1. The third-order valence-corrected chi connectivity index (χ3v) is 13.8. The van der Waals surface area contributed by atoms with Gasteiger partial charge in [-0.3, -0.25) is 15.0 Å². The van der Waals surface area contributed by atoms with E-state index in [4.69, 9.17) is 9.40 Å². The third kappa shape index (κ3) is 12.3. The van der Waals surface area contributed by atoms with Gasteiger partial charge in [0, 0.05) is 71.7 Å². The number of pyridine rings is 3. The number of hydrogen-bond acceptors (Lipinski definition) is 4. The van der Waals surface area contributed by atoms with E-state index in [2.05, 4.69) is 203 Å². The van der Waals surface area contributed by atoms with Crippen LogP contribution >= 0.6 is 0 Å². The third-order valence-electron chi connectivity index (χ3n) is 11.8. The van der Waals surface area contributed by atoms with Crippen molar-refractivity contribution >= 4 is 35.2 Å². The summed E-state index contributed by atoms with van der Waals surface area (Å²) in [4.78, 5) is 13.7. The van der Waals surface area contributed by atoms with Gasteiger partial charge in [-0.2, -0.15) is 0 Å². The van der Waals surface area contributed by atoms with Crippen LogP contribution in [0.25, 0.3) is 78.0 Å². The second-order valence-electron chi connectivity index (χ2n) is 19.1. The number of para-hydroxylation sites is 1. The van der Waals surface area contributed by atoms with Crippen LogP contribution in [0.1, 0.15) is 38.8 Å². The van der Waals surface area contributed by atoms with E-state index in [0.717, 1.165) is 68.6 Å². The number of hydrogen-bond donors (Lipinski definition) is 0. The molecule has 6 heteroatoms. The zero-order valence-electron chi connectivity index (χ0n) is 40.3. The standard InChI is InChI=1S/C29H19NO.C18H25NSi.C15H17N.Ir/c1-3-10-20(11-4-1)22-18-25(21-12-5-2-6-13-21)29-26(19-22)23-14-9-15-24(28(23)31-29)27-16-7-8-17-30-27;1-14(2)11-16-12-17(15-9-7-6-8-10-15)19-13-18(16)20(3,4)5;1-12(2)10-13-8-9-16-15(11-13)14-6-4-3-5-7-14;/h1-19H;6-10,12-14H,11H2,1-5H3;3-9,11-12H,10H2,1-2H3;. The van der Waals surface area contributed by atoms with Crippen LogP contribution in [0, 0.1) is 11.8 Å². The van der Waals surface area contributed by atoms with Gasteiger partial charge in [0.25, 0.3) is 0 Å². The normalized spacial score (nSPS) is 11.1. The largest absolute Gasteiger partial charge is 0.455 e. The number of furan rings is 1. The van der Waals surface area contributed by atoms with Gasteiger partial charge in [-0.15, -0.1) is 0 Å². The van der Waals surface area contributed by atoms with Crippen molar-refractivity contribution in [1.82, 2.24) is 15.0 Å². The average Bonchev–Trinajstić information content (AvgIpc) is 3.74. The Morgan fingerprint density at radius 1 is 0.426 bits per heavy atom. The minimum Gasteiger partial charge on any atom is -0.455 e. The van der Waals surface area contributed by atoms with Crippen molar-refractivity contribution in [3.63, 3.8) is 0 Å². The Kier molecular flexibility index (Phi) is 16.7. The fourth-order valence-corrected chi connectivity index (χ4v) is 10.2. The molecular weight excluding hydrogens is 1020 g/mol. The van der Waals surface area contributed by atoms with Crippen molar-refractivity contribution in [3.05, 3.63) is 218 Å². The fraction of sp³-hybridized carbons (Fsp3) is 0.177. The zero-order valence-corrected chi connectivity index (χ0v) is 43.7. The topological polar surface area (TPSA) is 51.8 Å². The SMILES string of the molecule is CC(C)Cc1cc(-c2ccccc2)ncc1[Si](C)(C)C.CC(C)Cc1ccnc(-c2ccccc2)c1.[Ir].c1ccc(-c2cc(-c3ccccc3)c3oc4c(-c5ccccn5)cccc4c3c2)cc1. The molecule has 0 atom stereocenters. The van der Waals surface area contributed by atoms with E-state index >= 15 is 0 Å². The second kappa shape index (κ2) is 23.0. The van der Waals surface area contributed by atoms with Gasteiger partial charge in [0.15, 0.2) is 0 Å². The minimum atomic E-state index is -1.33. The molecule has 10 aromatic rings. The molecule has 6 aromatic carbocycles. The van der Waals surface area contributed by atoms with Gasteiger partial charge >= 0.3 is 0 Å². The van der Waals surface area contributed by atoms with E-state index < -0.39 is 8.07 Å².